The molecule has 1 fully saturated rings. The summed E-state index contributed by atoms with van der Waals surface area (Å²) in [7, 11) is 0. The summed E-state index contributed by atoms with van der Waals surface area (Å²) >= 11 is 1.45. The van der Waals surface area contributed by atoms with Gasteiger partial charge in [0.15, 0.2) is 11.0 Å². The van der Waals surface area contributed by atoms with E-state index in [1.807, 2.05) is 12.1 Å². The minimum Gasteiger partial charge on any atom is -0.467 e. The van der Waals surface area contributed by atoms with E-state index in [-0.39, 0.29) is 11.2 Å². The summed E-state index contributed by atoms with van der Waals surface area (Å²) in [6.45, 7) is 4.48. The maximum atomic E-state index is 12.9. The summed E-state index contributed by atoms with van der Waals surface area (Å²) in [6, 6.07) is 5.53. The summed E-state index contributed by atoms with van der Waals surface area (Å²) in [5, 5.41) is 16.0. The molecule has 1 amide bonds. The van der Waals surface area contributed by atoms with Crippen molar-refractivity contribution in [1.29, 1.82) is 0 Å². The Hall–Kier alpha value is -2.55. The molecule has 1 saturated carbocycles. The van der Waals surface area contributed by atoms with Gasteiger partial charge >= 0.3 is 0 Å². The first-order valence-corrected chi connectivity index (χ1v) is 10.9. The maximum Gasteiger partial charge on any atom is 0.239 e. The van der Waals surface area contributed by atoms with E-state index in [4.69, 9.17) is 8.94 Å². The van der Waals surface area contributed by atoms with Crippen LogP contribution < -0.4 is 5.32 Å². The Morgan fingerprint density at radius 3 is 2.93 bits per heavy atom. The highest BCUT2D eigenvalue weighted by molar-refractivity contribution is 8.00. The van der Waals surface area contributed by atoms with E-state index in [0.29, 0.717) is 24.0 Å². The summed E-state index contributed by atoms with van der Waals surface area (Å²) in [5.41, 5.74) is 0. The van der Waals surface area contributed by atoms with Gasteiger partial charge in [-0.1, -0.05) is 36.7 Å². The fourth-order valence-corrected chi connectivity index (χ4v) is 4.21. The van der Waals surface area contributed by atoms with Gasteiger partial charge in [0, 0.05) is 12.0 Å². The fourth-order valence-electron chi connectivity index (χ4n) is 3.13. The number of carbonyl (C=O) groups excluding carboxylic acids is 1. The molecular weight excluding hydrogens is 390 g/mol. The average molecular weight is 416 g/mol. The van der Waals surface area contributed by atoms with Crippen LogP contribution in [0.2, 0.25) is 0 Å². The second kappa shape index (κ2) is 8.86. The van der Waals surface area contributed by atoms with Crippen molar-refractivity contribution in [3.8, 4) is 0 Å². The number of thioether (sulfide) groups is 1. The number of nitrogens with zero attached hydrogens (tertiary/aromatic N) is 4. The van der Waals surface area contributed by atoms with Gasteiger partial charge in [-0.15, -0.1) is 10.2 Å². The summed E-state index contributed by atoms with van der Waals surface area (Å²) in [6.07, 6.45) is 6.64. The van der Waals surface area contributed by atoms with Crippen LogP contribution in [0.25, 0.3) is 0 Å². The predicted molar refractivity (Wildman–Crippen MR) is 109 cm³/mol. The van der Waals surface area contributed by atoms with Gasteiger partial charge in [-0.25, -0.2) is 0 Å². The van der Waals surface area contributed by atoms with Crippen molar-refractivity contribution in [2.75, 3.05) is 5.32 Å². The Bertz CT molecular complexity index is 945. The molecule has 0 spiro atoms. The van der Waals surface area contributed by atoms with Gasteiger partial charge in [0.2, 0.25) is 5.91 Å². The highest BCUT2D eigenvalue weighted by Crippen LogP contribution is 2.41. The number of anilines is 1. The van der Waals surface area contributed by atoms with E-state index in [0.717, 1.165) is 48.8 Å². The van der Waals surface area contributed by atoms with Crippen LogP contribution in [0.15, 0.2) is 38.6 Å². The summed E-state index contributed by atoms with van der Waals surface area (Å²) < 4.78 is 12.7. The zero-order chi connectivity index (χ0) is 20.2. The van der Waals surface area contributed by atoms with E-state index in [1.54, 1.807) is 19.3 Å². The van der Waals surface area contributed by atoms with Gasteiger partial charge in [0.25, 0.3) is 0 Å². The molecule has 1 atom stereocenters. The van der Waals surface area contributed by atoms with Crippen LogP contribution in [0.5, 0.6) is 0 Å². The number of unbranched alkanes of at least 4 members (excludes halogenated alkanes) is 1. The van der Waals surface area contributed by atoms with Crippen LogP contribution >= 0.6 is 11.8 Å². The van der Waals surface area contributed by atoms with Crippen LogP contribution in [-0.4, -0.2) is 31.1 Å². The van der Waals surface area contributed by atoms with Gasteiger partial charge in [-0.05, 0) is 38.3 Å². The van der Waals surface area contributed by atoms with Gasteiger partial charge in [-0.3, -0.25) is 9.36 Å². The summed E-state index contributed by atoms with van der Waals surface area (Å²) in [5.74, 6) is 3.27. The molecule has 1 unspecified atom stereocenters. The lowest BCUT2D eigenvalue weighted by atomic mass is 10.2. The van der Waals surface area contributed by atoms with Crippen molar-refractivity contribution < 1.29 is 13.7 Å². The molecule has 0 bridgehead atoms. The lowest BCUT2D eigenvalue weighted by Crippen LogP contribution is -2.26. The Kier molecular flexibility index (Phi) is 6.03. The minimum absolute atomic E-state index is 0.0997. The number of hydrogen-bond donors (Lipinski definition) is 1. The van der Waals surface area contributed by atoms with Crippen LogP contribution in [0, 0.1) is 6.92 Å². The molecule has 3 heterocycles. The van der Waals surface area contributed by atoms with E-state index < -0.39 is 0 Å². The molecular formula is C20H25N5O3S. The van der Waals surface area contributed by atoms with Gasteiger partial charge in [0.1, 0.15) is 17.3 Å². The first kappa shape index (κ1) is 19.8. The molecule has 3 aromatic rings. The molecule has 1 aliphatic rings. The fraction of sp³-hybridized carbons (Fsp3) is 0.500. The first-order valence-electron chi connectivity index (χ1n) is 10.0. The average Bonchev–Trinajstić information content (AvgIpc) is 3.08. The van der Waals surface area contributed by atoms with E-state index in [2.05, 4.69) is 32.2 Å². The second-order valence-electron chi connectivity index (χ2n) is 7.34. The van der Waals surface area contributed by atoms with Crippen molar-refractivity contribution in [1.82, 2.24) is 19.9 Å². The van der Waals surface area contributed by atoms with Crippen molar-refractivity contribution in [2.45, 2.75) is 68.8 Å². The molecule has 9 heteroatoms. The predicted octanol–water partition coefficient (Wildman–Crippen LogP) is 4.38. The van der Waals surface area contributed by atoms with Gasteiger partial charge in [0.05, 0.1) is 18.1 Å². The molecule has 1 aliphatic carbocycles. The van der Waals surface area contributed by atoms with Gasteiger partial charge in [-0.2, -0.15) is 0 Å². The quantitative estimate of drug-likeness (QED) is 0.490. The second-order valence-corrected chi connectivity index (χ2v) is 8.51. The standard InChI is InChI=1S/C20H25N5O3S/c1-3-4-7-16(19(26)21-17-11-13(2)28-24-17)29-20-23-22-18(14-8-9-14)25(20)12-15-6-5-10-27-15/h5-6,10-11,14,16H,3-4,7-9,12H2,1-2H3,(H,21,24,26). The van der Waals surface area contributed by atoms with Crippen LogP contribution in [0.1, 0.15) is 62.3 Å². The molecule has 1 N–H and O–H groups in total. The minimum atomic E-state index is -0.293. The smallest absolute Gasteiger partial charge is 0.239 e. The van der Waals surface area contributed by atoms with Gasteiger partial charge < -0.3 is 14.3 Å². The maximum absolute atomic E-state index is 12.9. The molecule has 29 heavy (non-hydrogen) atoms. The van der Waals surface area contributed by atoms with Crippen LogP contribution in [0.3, 0.4) is 0 Å². The number of aromatic nitrogens is 4. The Morgan fingerprint density at radius 1 is 1.41 bits per heavy atom. The molecule has 0 aromatic carbocycles. The highest BCUT2D eigenvalue weighted by Gasteiger charge is 2.32. The lowest BCUT2D eigenvalue weighted by Gasteiger charge is -2.16. The van der Waals surface area contributed by atoms with E-state index >= 15 is 0 Å². The SMILES string of the molecule is CCCCC(Sc1nnc(C2CC2)n1Cc1ccco1)C(=O)Nc1cc(C)on1. The lowest BCUT2D eigenvalue weighted by molar-refractivity contribution is -0.115. The Balaban J connectivity index is 1.54. The Morgan fingerprint density at radius 2 is 2.28 bits per heavy atom. The van der Waals surface area contributed by atoms with Crippen molar-refractivity contribution in [3.05, 3.63) is 41.8 Å². The number of nitrogens with one attached hydrogen (secondary N) is 1. The first-order chi connectivity index (χ1) is 14.1. The van der Waals surface area contributed by atoms with E-state index in [1.165, 1.54) is 11.8 Å². The number of hydrogen-bond acceptors (Lipinski definition) is 7. The molecule has 8 nitrogen and oxygen atoms in total. The Labute approximate surface area is 173 Å². The third kappa shape index (κ3) is 4.90. The zero-order valence-corrected chi connectivity index (χ0v) is 17.4. The molecule has 0 saturated heterocycles. The highest BCUT2D eigenvalue weighted by atomic mass is 32.2. The summed E-state index contributed by atoms with van der Waals surface area (Å²) in [4.78, 5) is 12.9. The zero-order valence-electron chi connectivity index (χ0n) is 16.6. The largest absolute Gasteiger partial charge is 0.467 e. The molecule has 154 valence electrons. The molecule has 0 radical (unpaired) electrons. The normalized spacial score (nSPS) is 14.8. The molecule has 4 rings (SSSR count). The third-order valence-corrected chi connectivity index (χ3v) is 6.07. The van der Waals surface area contributed by atoms with Crippen LogP contribution in [-0.2, 0) is 11.3 Å². The van der Waals surface area contributed by atoms with E-state index in [9.17, 15) is 4.79 Å². The molecule has 3 aromatic heterocycles. The van der Waals surface area contributed by atoms with Crippen molar-refractivity contribution in [3.63, 3.8) is 0 Å². The number of amides is 1. The third-order valence-electron chi connectivity index (χ3n) is 4.82. The number of furan rings is 1. The molecule has 0 aliphatic heterocycles. The number of rotatable bonds is 10. The van der Waals surface area contributed by atoms with Crippen molar-refractivity contribution >= 4 is 23.5 Å². The number of aryl methyl sites for hydroxylation is 1. The topological polar surface area (TPSA) is 99.0 Å². The van der Waals surface area contributed by atoms with Crippen molar-refractivity contribution in [2.24, 2.45) is 0 Å². The van der Waals surface area contributed by atoms with Crippen LogP contribution in [0.4, 0.5) is 5.82 Å². The number of carbonyl (C=O) groups is 1. The monoisotopic (exact) mass is 415 g/mol.